The lowest BCUT2D eigenvalue weighted by atomic mass is 9.92. The highest BCUT2D eigenvalue weighted by Crippen LogP contribution is 2.14. The highest BCUT2D eigenvalue weighted by Gasteiger charge is 2.25. The number of amides is 1. The second-order valence-electron chi connectivity index (χ2n) is 5.38. The minimum Gasteiger partial charge on any atom is -0.388 e. The van der Waals surface area contributed by atoms with Gasteiger partial charge >= 0.3 is 0 Å². The van der Waals surface area contributed by atoms with Crippen LogP contribution in [0.3, 0.4) is 0 Å². The van der Waals surface area contributed by atoms with Crippen LogP contribution in [0.15, 0.2) is 4.52 Å². The van der Waals surface area contributed by atoms with Gasteiger partial charge in [-0.1, -0.05) is 19.0 Å². The third-order valence-corrected chi connectivity index (χ3v) is 3.25. The highest BCUT2D eigenvalue weighted by atomic mass is 16.5. The second kappa shape index (κ2) is 6.65. The summed E-state index contributed by atoms with van der Waals surface area (Å²) in [5.74, 6) is 1.18. The molecule has 0 aliphatic heterocycles. The van der Waals surface area contributed by atoms with E-state index >= 15 is 0 Å². The van der Waals surface area contributed by atoms with Crippen LogP contribution < -0.4 is 5.32 Å². The zero-order valence-electron chi connectivity index (χ0n) is 12.1. The molecule has 2 N–H and O–H groups in total. The Morgan fingerprint density at radius 3 is 2.74 bits per heavy atom. The van der Waals surface area contributed by atoms with Crippen LogP contribution in [-0.2, 0) is 11.2 Å². The number of aliphatic hydroxyl groups is 1. The quantitative estimate of drug-likeness (QED) is 0.777. The Bertz CT molecular complexity index is 413. The van der Waals surface area contributed by atoms with Crippen molar-refractivity contribution in [1.82, 2.24) is 15.5 Å². The first-order valence-electron chi connectivity index (χ1n) is 6.59. The minimum atomic E-state index is -0.876. The average Bonchev–Trinajstić information content (AvgIpc) is 2.72. The van der Waals surface area contributed by atoms with Gasteiger partial charge in [0.1, 0.15) is 0 Å². The molecule has 19 heavy (non-hydrogen) atoms. The molecule has 0 saturated carbocycles. The van der Waals surface area contributed by atoms with Crippen molar-refractivity contribution in [3.05, 3.63) is 11.7 Å². The maximum atomic E-state index is 11.6. The molecule has 1 aromatic heterocycles. The molecular formula is C13H23N3O3. The molecule has 1 unspecified atom stereocenters. The molecule has 0 spiro atoms. The smallest absolute Gasteiger partial charge is 0.226 e. The van der Waals surface area contributed by atoms with E-state index in [1.807, 2.05) is 13.8 Å². The number of carbonyl (C=O) groups excluding carboxylic acids is 1. The summed E-state index contributed by atoms with van der Waals surface area (Å²) in [5, 5.41) is 16.4. The van der Waals surface area contributed by atoms with Crippen molar-refractivity contribution in [2.45, 2.75) is 52.6 Å². The number of carbonyl (C=O) groups is 1. The summed E-state index contributed by atoms with van der Waals surface area (Å²) in [6.45, 7) is 7.59. The van der Waals surface area contributed by atoms with Gasteiger partial charge in [-0.05, 0) is 26.2 Å². The van der Waals surface area contributed by atoms with E-state index in [0.29, 0.717) is 31.0 Å². The third-order valence-electron chi connectivity index (χ3n) is 3.25. The molecule has 1 rings (SSSR count). The van der Waals surface area contributed by atoms with Crippen LogP contribution in [0.2, 0.25) is 0 Å². The fourth-order valence-electron chi connectivity index (χ4n) is 1.41. The van der Waals surface area contributed by atoms with Gasteiger partial charge in [0.2, 0.25) is 11.8 Å². The van der Waals surface area contributed by atoms with Gasteiger partial charge in [0, 0.05) is 19.4 Å². The normalized spacial score (nSPS) is 14.4. The highest BCUT2D eigenvalue weighted by molar-refractivity contribution is 5.75. The van der Waals surface area contributed by atoms with Crippen LogP contribution in [0, 0.1) is 12.8 Å². The molecule has 1 aromatic rings. The van der Waals surface area contributed by atoms with Crippen LogP contribution in [0.4, 0.5) is 0 Å². The van der Waals surface area contributed by atoms with E-state index in [-0.39, 0.29) is 18.4 Å². The zero-order chi connectivity index (χ0) is 14.5. The Kier molecular flexibility index (Phi) is 5.47. The number of hydrogen-bond donors (Lipinski definition) is 2. The van der Waals surface area contributed by atoms with E-state index in [1.165, 1.54) is 0 Å². The van der Waals surface area contributed by atoms with Gasteiger partial charge in [0.15, 0.2) is 5.82 Å². The minimum absolute atomic E-state index is 0.0721. The second-order valence-corrected chi connectivity index (χ2v) is 5.38. The van der Waals surface area contributed by atoms with Crippen LogP contribution in [0.5, 0.6) is 0 Å². The van der Waals surface area contributed by atoms with E-state index in [1.54, 1.807) is 13.8 Å². The molecule has 0 aliphatic carbocycles. The van der Waals surface area contributed by atoms with E-state index in [0.717, 1.165) is 0 Å². The van der Waals surface area contributed by atoms with Gasteiger partial charge in [0.25, 0.3) is 0 Å². The Morgan fingerprint density at radius 2 is 2.21 bits per heavy atom. The number of rotatable bonds is 7. The predicted octanol–water partition coefficient (Wildman–Crippen LogP) is 1.22. The Hall–Kier alpha value is -1.43. The summed E-state index contributed by atoms with van der Waals surface area (Å²) in [7, 11) is 0. The molecule has 108 valence electrons. The fraction of sp³-hybridized carbons (Fsp3) is 0.769. The van der Waals surface area contributed by atoms with Crippen molar-refractivity contribution in [2.24, 2.45) is 5.92 Å². The molecule has 0 bridgehead atoms. The van der Waals surface area contributed by atoms with E-state index in [4.69, 9.17) is 4.52 Å². The Morgan fingerprint density at radius 1 is 1.53 bits per heavy atom. The Labute approximate surface area is 113 Å². The van der Waals surface area contributed by atoms with Crippen LogP contribution >= 0.6 is 0 Å². The van der Waals surface area contributed by atoms with E-state index in [2.05, 4.69) is 15.5 Å². The van der Waals surface area contributed by atoms with Gasteiger partial charge in [0.05, 0.1) is 5.60 Å². The summed E-state index contributed by atoms with van der Waals surface area (Å²) >= 11 is 0. The molecule has 1 atom stereocenters. The molecule has 0 aliphatic rings. The molecule has 0 fully saturated rings. The Balaban J connectivity index is 2.21. The van der Waals surface area contributed by atoms with Crippen molar-refractivity contribution < 1.29 is 14.4 Å². The summed E-state index contributed by atoms with van der Waals surface area (Å²) < 4.78 is 4.96. The lowest BCUT2D eigenvalue weighted by Crippen LogP contribution is -2.44. The maximum absolute atomic E-state index is 11.6. The van der Waals surface area contributed by atoms with Crippen LogP contribution in [0.1, 0.15) is 45.3 Å². The molecule has 6 heteroatoms. The summed E-state index contributed by atoms with van der Waals surface area (Å²) in [6.07, 6.45) is 1.63. The largest absolute Gasteiger partial charge is 0.388 e. The maximum Gasteiger partial charge on any atom is 0.226 e. The third kappa shape index (κ3) is 5.38. The monoisotopic (exact) mass is 269 g/mol. The molecule has 0 aromatic carbocycles. The van der Waals surface area contributed by atoms with Crippen molar-refractivity contribution in [3.8, 4) is 0 Å². The summed E-state index contributed by atoms with van der Waals surface area (Å²) in [6, 6.07) is 0. The predicted molar refractivity (Wildman–Crippen MR) is 70.4 cm³/mol. The standard InChI is InChI=1S/C13H23N3O3/c1-9(2)13(4,18)8-14-11(17)6-5-7-12-15-10(3)16-19-12/h9,18H,5-8H2,1-4H3,(H,14,17). The van der Waals surface area contributed by atoms with Crippen molar-refractivity contribution in [1.29, 1.82) is 0 Å². The molecule has 1 heterocycles. The van der Waals surface area contributed by atoms with Gasteiger partial charge in [-0.2, -0.15) is 4.98 Å². The topological polar surface area (TPSA) is 88.2 Å². The van der Waals surface area contributed by atoms with Gasteiger partial charge in [-0.25, -0.2) is 0 Å². The number of aromatic nitrogens is 2. The summed E-state index contributed by atoms with van der Waals surface area (Å²) in [4.78, 5) is 15.7. The SMILES string of the molecule is Cc1noc(CCCC(=O)NCC(C)(O)C(C)C)n1. The van der Waals surface area contributed by atoms with Crippen LogP contribution in [0.25, 0.3) is 0 Å². The van der Waals surface area contributed by atoms with Gasteiger partial charge in [-0.15, -0.1) is 0 Å². The first-order valence-corrected chi connectivity index (χ1v) is 6.59. The lowest BCUT2D eigenvalue weighted by Gasteiger charge is -2.27. The van der Waals surface area contributed by atoms with Crippen molar-refractivity contribution in [2.75, 3.05) is 6.54 Å². The average molecular weight is 269 g/mol. The molecule has 0 radical (unpaired) electrons. The van der Waals surface area contributed by atoms with E-state index < -0.39 is 5.60 Å². The molecule has 6 nitrogen and oxygen atoms in total. The first-order chi connectivity index (χ1) is 8.81. The van der Waals surface area contributed by atoms with E-state index in [9.17, 15) is 9.90 Å². The van der Waals surface area contributed by atoms with Crippen molar-refractivity contribution >= 4 is 5.91 Å². The molecule has 0 saturated heterocycles. The number of hydrogen-bond acceptors (Lipinski definition) is 5. The van der Waals surface area contributed by atoms with Crippen molar-refractivity contribution in [3.63, 3.8) is 0 Å². The lowest BCUT2D eigenvalue weighted by molar-refractivity contribution is -0.122. The fourth-order valence-corrected chi connectivity index (χ4v) is 1.41. The molecular weight excluding hydrogens is 246 g/mol. The number of aryl methyl sites for hydroxylation is 2. The molecule has 1 amide bonds. The van der Waals surface area contributed by atoms with Gasteiger partial charge < -0.3 is 14.9 Å². The first kappa shape index (κ1) is 15.6. The zero-order valence-corrected chi connectivity index (χ0v) is 12.1. The number of nitrogens with zero attached hydrogens (tertiary/aromatic N) is 2. The number of nitrogens with one attached hydrogen (secondary N) is 1. The summed E-state index contributed by atoms with van der Waals surface area (Å²) in [5.41, 5.74) is -0.876. The van der Waals surface area contributed by atoms with Gasteiger partial charge in [-0.3, -0.25) is 4.79 Å². The van der Waals surface area contributed by atoms with Crippen LogP contribution in [-0.4, -0.2) is 33.3 Å².